The maximum absolute atomic E-state index is 4.17. The molecule has 0 amide bonds. The van der Waals surface area contributed by atoms with E-state index in [0.717, 1.165) is 0 Å². The molecule has 0 aromatic heterocycles. The smallest absolute Gasteiger partial charge is 0.570 e. The van der Waals surface area contributed by atoms with Crippen molar-refractivity contribution >= 4 is 106 Å². The molecular formula is C2S6Sn. The van der Waals surface area contributed by atoms with Crippen LogP contribution in [0, 0.1) is 0 Å². The summed E-state index contributed by atoms with van der Waals surface area (Å²) in [6.07, 6.45) is 0. The fourth-order valence-electron chi connectivity index (χ4n) is 0. The molecule has 0 aromatic rings. The van der Waals surface area contributed by atoms with E-state index in [-0.39, 0.29) is 31.0 Å². The van der Waals surface area contributed by atoms with Crippen molar-refractivity contribution in [3.05, 3.63) is 0 Å². The normalized spacial score (nSPS) is 5.33. The summed E-state index contributed by atoms with van der Waals surface area (Å²) in [5, 5.41) is 0. The third-order valence-electron chi connectivity index (χ3n) is 0. The summed E-state index contributed by atoms with van der Waals surface area (Å²) in [4.78, 5) is 0. The molecule has 0 saturated heterocycles. The van der Waals surface area contributed by atoms with Crippen molar-refractivity contribution in [3.63, 3.8) is 0 Å². The van der Waals surface area contributed by atoms with Crippen LogP contribution in [0.1, 0.15) is 0 Å². The number of hydrogen-bond acceptors (Lipinski definition) is 6. The van der Waals surface area contributed by atoms with E-state index in [1.807, 2.05) is 0 Å². The van der Waals surface area contributed by atoms with Crippen molar-refractivity contribution in [2.75, 3.05) is 0 Å². The van der Waals surface area contributed by atoms with E-state index < -0.39 is 0 Å². The minimum Gasteiger partial charge on any atom is -0.570 e. The largest absolute Gasteiger partial charge is 4.00 e. The van der Waals surface area contributed by atoms with Crippen LogP contribution in [0.4, 0.5) is 0 Å². The van der Waals surface area contributed by atoms with Crippen LogP contribution in [0.2, 0.25) is 0 Å². The third-order valence-corrected chi connectivity index (χ3v) is 0. The van der Waals surface area contributed by atoms with Gasteiger partial charge in [-0.2, -0.15) is 0 Å². The summed E-state index contributed by atoms with van der Waals surface area (Å²) in [6.45, 7) is 0. The molecule has 0 spiro atoms. The van der Waals surface area contributed by atoms with Gasteiger partial charge in [0.15, 0.2) is 0 Å². The van der Waals surface area contributed by atoms with Crippen LogP contribution < -0.4 is 0 Å². The van der Waals surface area contributed by atoms with Crippen LogP contribution in [0.3, 0.4) is 0 Å². The topological polar surface area (TPSA) is 0 Å². The summed E-state index contributed by atoms with van der Waals surface area (Å²) in [7, 11) is 0. The Hall–Kier alpha value is 1.86. The van der Waals surface area contributed by atoms with Gasteiger partial charge in [0.1, 0.15) is 0 Å². The summed E-state index contributed by atoms with van der Waals surface area (Å²) in [5.74, 6) is 0. The van der Waals surface area contributed by atoms with Crippen molar-refractivity contribution in [1.29, 1.82) is 0 Å². The van der Waals surface area contributed by atoms with Crippen molar-refractivity contribution in [3.8, 4) is 0 Å². The van der Waals surface area contributed by atoms with Crippen LogP contribution in [0.25, 0.3) is 0 Å². The molecule has 0 heterocycles. The second-order valence-electron chi connectivity index (χ2n) is 0.500. The van der Waals surface area contributed by atoms with E-state index >= 15 is 0 Å². The maximum atomic E-state index is 4.17. The maximum Gasteiger partial charge on any atom is 4.00 e. The molecule has 0 saturated carbocycles. The Labute approximate surface area is 105 Å². The van der Waals surface area contributed by atoms with Gasteiger partial charge in [-0.25, -0.2) is 0 Å². The molecule has 7 heteroatoms. The molecule has 9 heavy (non-hydrogen) atoms. The molecule has 0 nitrogen and oxygen atoms in total. The fourth-order valence-corrected chi connectivity index (χ4v) is 0. The summed E-state index contributed by atoms with van der Waals surface area (Å²) in [6, 6.07) is 0. The number of thiocarbonyl (C=S) groups is 2. The molecule has 0 fully saturated rings. The summed E-state index contributed by atoms with van der Waals surface area (Å²) in [5.41, 5.74) is 0. The zero-order chi connectivity index (χ0) is 7.15. The van der Waals surface area contributed by atoms with Gasteiger partial charge in [0, 0.05) is 0 Å². The Bertz CT molecular complexity index is 69.1. The van der Waals surface area contributed by atoms with E-state index in [9.17, 15) is 0 Å². The molecular weight excluding hydrogens is 335 g/mol. The van der Waals surface area contributed by atoms with Crippen LogP contribution in [-0.4, -0.2) is 31.0 Å². The van der Waals surface area contributed by atoms with E-state index in [1.165, 1.54) is 0 Å². The second-order valence-corrected chi connectivity index (χ2v) is 4.50. The predicted octanol–water partition coefficient (Wildman–Crippen LogP) is 0.349. The Morgan fingerprint density at radius 1 is 0.778 bits per heavy atom. The van der Waals surface area contributed by atoms with Gasteiger partial charge in [-0.05, 0) is 0 Å². The second kappa shape index (κ2) is 12.5. The minimum absolute atomic E-state index is 0. The minimum atomic E-state index is 0. The summed E-state index contributed by atoms with van der Waals surface area (Å²) < 4.78 is 0.333. The first-order valence-electron chi connectivity index (χ1n) is 1.22. The molecule has 48 valence electrons. The molecule has 0 rings (SSSR count). The zero-order valence-corrected chi connectivity index (χ0v) is 11.7. The Balaban J connectivity index is -0.0000000720. The van der Waals surface area contributed by atoms with Crippen molar-refractivity contribution in [2.24, 2.45) is 0 Å². The van der Waals surface area contributed by atoms with Gasteiger partial charge in [0.05, 0.1) is 0 Å². The first-order valence-corrected chi connectivity index (χ1v) is 3.67. The summed E-state index contributed by atoms with van der Waals surface area (Å²) >= 11 is 25.0. The molecule has 0 aliphatic rings. The van der Waals surface area contributed by atoms with E-state index in [2.05, 4.69) is 75.0 Å². The van der Waals surface area contributed by atoms with Gasteiger partial charge in [0.25, 0.3) is 0 Å². The average molecular weight is 335 g/mol. The van der Waals surface area contributed by atoms with E-state index in [4.69, 9.17) is 0 Å². The van der Waals surface area contributed by atoms with Gasteiger partial charge in [-0.15, -0.1) is 0 Å². The van der Waals surface area contributed by atoms with Crippen LogP contribution in [0.15, 0.2) is 0 Å². The standard InChI is InChI=1S/2CH2S3.Sn/c2*2-1(3)4;/h2*(H2,2,3,4);/q;;+4/p-4. The van der Waals surface area contributed by atoms with Crippen molar-refractivity contribution in [1.82, 2.24) is 0 Å². The van der Waals surface area contributed by atoms with Gasteiger partial charge in [-0.1, -0.05) is 0 Å². The Morgan fingerprint density at radius 3 is 0.778 bits per heavy atom. The van der Waals surface area contributed by atoms with Gasteiger partial charge >= 0.3 is 23.9 Å². The number of hydrogen-bond donors (Lipinski definition) is 0. The molecule has 0 atom stereocenters. The average Bonchev–Trinajstić information content (AvgIpc) is 1.25. The Kier molecular flexibility index (Phi) is 23.8. The molecule has 0 aliphatic heterocycles. The van der Waals surface area contributed by atoms with Gasteiger partial charge in [-0.3, -0.25) is 7.06 Å². The molecule has 0 N–H and O–H groups in total. The molecule has 0 unspecified atom stereocenters. The first kappa shape index (κ1) is 17.1. The first-order chi connectivity index (χ1) is 3.46. The predicted molar refractivity (Wildman–Crippen MR) is 60.4 cm³/mol. The molecule has 0 radical (unpaired) electrons. The van der Waals surface area contributed by atoms with Crippen LogP contribution in [0.5, 0.6) is 0 Å². The van der Waals surface area contributed by atoms with E-state index in [0.29, 0.717) is 0 Å². The van der Waals surface area contributed by atoms with Crippen molar-refractivity contribution in [2.45, 2.75) is 0 Å². The molecule has 0 aromatic carbocycles. The Morgan fingerprint density at radius 2 is 0.778 bits per heavy atom. The fraction of sp³-hybridized carbons (Fsp3) is 0. The zero-order valence-electron chi connectivity index (χ0n) is 3.95. The van der Waals surface area contributed by atoms with Crippen LogP contribution in [-0.2, 0) is 50.5 Å². The molecule has 0 aliphatic carbocycles. The van der Waals surface area contributed by atoms with E-state index in [1.54, 1.807) is 0 Å². The molecule has 0 bridgehead atoms. The third kappa shape index (κ3) is 176. The SMILES string of the molecule is S=C([S-])[S-].S=C([S-])[S-].[Sn+4]. The number of rotatable bonds is 0. The van der Waals surface area contributed by atoms with Crippen LogP contribution >= 0.6 is 24.4 Å². The van der Waals surface area contributed by atoms with Gasteiger partial charge < -0.3 is 75.0 Å². The van der Waals surface area contributed by atoms with Crippen molar-refractivity contribution < 1.29 is 0 Å². The van der Waals surface area contributed by atoms with Gasteiger partial charge in [0.2, 0.25) is 0 Å². The monoisotopic (exact) mass is 336 g/mol. The quantitative estimate of drug-likeness (QED) is 0.353.